The van der Waals surface area contributed by atoms with Crippen LogP contribution in [0.25, 0.3) is 0 Å². The van der Waals surface area contributed by atoms with Crippen LogP contribution in [0.5, 0.6) is 0 Å². The molecule has 288 valence electrons. The number of hydrogen-bond acceptors (Lipinski definition) is 14. The summed E-state index contributed by atoms with van der Waals surface area (Å²) in [4.78, 5) is 41.4. The Bertz CT molecular complexity index is 1550. The second kappa shape index (κ2) is 12.8. The van der Waals surface area contributed by atoms with E-state index in [9.17, 15) is 14.7 Å². The molecule has 0 aromatic heterocycles. The van der Waals surface area contributed by atoms with Gasteiger partial charge in [0.25, 0.3) is 11.6 Å². The van der Waals surface area contributed by atoms with E-state index in [2.05, 4.69) is 10.6 Å². The Kier molecular flexibility index (Phi) is 9.21. The maximum Gasteiger partial charge on any atom is 0.410 e. The molecule has 6 heterocycles. The van der Waals surface area contributed by atoms with E-state index in [-0.39, 0.29) is 19.8 Å². The van der Waals surface area contributed by atoms with Crippen molar-refractivity contribution in [2.24, 2.45) is 0 Å². The Morgan fingerprint density at radius 1 is 0.673 bits per heavy atom. The quantitative estimate of drug-likeness (QED) is 0.333. The van der Waals surface area contributed by atoms with Crippen LogP contribution in [0, 0.1) is 0 Å². The van der Waals surface area contributed by atoms with Crippen LogP contribution in [0.15, 0.2) is 30.3 Å². The highest BCUT2D eigenvalue weighted by molar-refractivity contribution is 5.91. The van der Waals surface area contributed by atoms with Crippen LogP contribution in [0.2, 0.25) is 0 Å². The van der Waals surface area contributed by atoms with Gasteiger partial charge < -0.3 is 62.5 Å². The molecular weight excluding hydrogens is 688 g/mol. The van der Waals surface area contributed by atoms with Gasteiger partial charge in [-0.25, -0.2) is 4.79 Å². The maximum absolute atomic E-state index is 15.1. The number of ether oxygens (including phenoxy) is 11. The molecule has 17 nitrogen and oxygen atoms in total. The Hall–Kier alpha value is -2.97. The van der Waals surface area contributed by atoms with Gasteiger partial charge in [-0.05, 0) is 61.0 Å². The fourth-order valence-electron chi connectivity index (χ4n) is 7.84. The first kappa shape index (κ1) is 37.3. The zero-order chi connectivity index (χ0) is 37.5. The number of rotatable bonds is 9. The summed E-state index contributed by atoms with van der Waals surface area (Å²) in [6.45, 7) is 13.7. The second-order valence-corrected chi connectivity index (χ2v) is 15.8. The van der Waals surface area contributed by atoms with Gasteiger partial charge in [-0.1, -0.05) is 30.3 Å². The van der Waals surface area contributed by atoms with Gasteiger partial charge in [-0.2, -0.15) is 0 Å². The SMILES string of the molecule is CC1(C)OC[C@H]([C@H]2OC(CC(=O)O)(NC(=O)[C@]3(NC(=O)OCc4ccccc4)O[C@H]([C@H]4COC(C)(C)O4)[C@@H]4OC(C)(C)O[C@@H]43)[C@H]3OC(C)(C)O[C@@H]23)O1. The lowest BCUT2D eigenvalue weighted by molar-refractivity contribution is -0.243. The topological polar surface area (TPSA) is 197 Å². The van der Waals surface area contributed by atoms with Crippen molar-refractivity contribution in [1.82, 2.24) is 10.6 Å². The third-order valence-electron chi connectivity index (χ3n) is 9.80. The summed E-state index contributed by atoms with van der Waals surface area (Å²) in [6, 6.07) is 8.96. The number of nitrogens with one attached hydrogen (secondary N) is 2. The van der Waals surface area contributed by atoms with Crippen LogP contribution in [0.1, 0.15) is 67.4 Å². The number of aliphatic carboxylic acids is 1. The zero-order valence-electron chi connectivity index (χ0n) is 30.5. The van der Waals surface area contributed by atoms with E-state index in [1.54, 1.807) is 79.7 Å². The largest absolute Gasteiger partial charge is 0.481 e. The summed E-state index contributed by atoms with van der Waals surface area (Å²) < 4.78 is 67.6. The van der Waals surface area contributed by atoms with Crippen LogP contribution >= 0.6 is 0 Å². The summed E-state index contributed by atoms with van der Waals surface area (Å²) in [5.41, 5.74) is -3.75. The van der Waals surface area contributed by atoms with Crippen molar-refractivity contribution in [3.63, 3.8) is 0 Å². The number of carboxylic acid groups (broad SMARTS) is 1. The molecular formula is C35H48N2O15. The van der Waals surface area contributed by atoms with Crippen LogP contribution < -0.4 is 10.6 Å². The fraction of sp³-hybridized carbons (Fsp3) is 0.743. The molecule has 6 aliphatic rings. The minimum absolute atomic E-state index is 0.0817. The van der Waals surface area contributed by atoms with E-state index < -0.39 is 108 Å². The average Bonchev–Trinajstić information content (AvgIpc) is 3.85. The molecule has 52 heavy (non-hydrogen) atoms. The van der Waals surface area contributed by atoms with Crippen molar-refractivity contribution in [1.29, 1.82) is 0 Å². The number of amides is 2. The first-order valence-electron chi connectivity index (χ1n) is 17.4. The Labute approximate surface area is 301 Å². The first-order chi connectivity index (χ1) is 24.2. The molecule has 6 fully saturated rings. The molecule has 7 rings (SSSR count). The highest BCUT2D eigenvalue weighted by Gasteiger charge is 2.72. The maximum atomic E-state index is 15.1. The van der Waals surface area contributed by atoms with Gasteiger partial charge >= 0.3 is 12.1 Å². The van der Waals surface area contributed by atoms with E-state index in [0.717, 1.165) is 0 Å². The number of carbonyl (C=O) groups is 3. The molecule has 10 atom stereocenters. The normalized spacial score (nSPS) is 40.6. The predicted octanol–water partition coefficient (Wildman–Crippen LogP) is 2.04. The van der Waals surface area contributed by atoms with Gasteiger partial charge in [0.05, 0.1) is 19.6 Å². The Morgan fingerprint density at radius 2 is 1.21 bits per heavy atom. The molecule has 0 spiro atoms. The number of benzene rings is 1. The second-order valence-electron chi connectivity index (χ2n) is 15.8. The number of hydrogen-bond donors (Lipinski definition) is 3. The van der Waals surface area contributed by atoms with Gasteiger partial charge in [-0.15, -0.1) is 0 Å². The Balaban J connectivity index is 1.25. The molecule has 0 aliphatic carbocycles. The van der Waals surface area contributed by atoms with Crippen LogP contribution in [0.4, 0.5) is 4.79 Å². The summed E-state index contributed by atoms with van der Waals surface area (Å²) in [5.74, 6) is -6.71. The minimum atomic E-state index is -2.38. The van der Waals surface area contributed by atoms with Crippen molar-refractivity contribution < 1.29 is 71.6 Å². The summed E-state index contributed by atoms with van der Waals surface area (Å²) in [5, 5.41) is 15.7. The van der Waals surface area contributed by atoms with E-state index in [4.69, 9.17) is 52.1 Å². The highest BCUT2D eigenvalue weighted by atomic mass is 16.8. The molecule has 1 aromatic carbocycles. The number of fused-ring (bicyclic) bond motifs is 2. The van der Waals surface area contributed by atoms with Crippen LogP contribution in [-0.4, -0.2) is 120 Å². The smallest absolute Gasteiger partial charge is 0.410 e. The molecule has 1 unspecified atom stereocenters. The van der Waals surface area contributed by atoms with Crippen LogP contribution in [-0.2, 0) is 68.3 Å². The van der Waals surface area contributed by atoms with Crippen molar-refractivity contribution >= 4 is 18.0 Å². The molecule has 0 radical (unpaired) electrons. The van der Waals surface area contributed by atoms with E-state index >= 15 is 4.79 Å². The van der Waals surface area contributed by atoms with E-state index in [1.807, 2.05) is 6.07 Å². The highest BCUT2D eigenvalue weighted by Crippen LogP contribution is 2.50. The van der Waals surface area contributed by atoms with Gasteiger partial charge in [0, 0.05) is 0 Å². The van der Waals surface area contributed by atoms with E-state index in [1.165, 1.54) is 0 Å². The zero-order valence-corrected chi connectivity index (χ0v) is 30.5. The molecule has 2 amide bonds. The van der Waals surface area contributed by atoms with Crippen molar-refractivity contribution in [2.75, 3.05) is 13.2 Å². The lowest BCUT2D eigenvalue weighted by atomic mass is 9.95. The van der Waals surface area contributed by atoms with Crippen molar-refractivity contribution in [3.05, 3.63) is 35.9 Å². The molecule has 0 saturated carbocycles. The fourth-order valence-corrected chi connectivity index (χ4v) is 7.84. The van der Waals surface area contributed by atoms with Gasteiger partial charge in [0.15, 0.2) is 28.9 Å². The molecule has 6 aliphatic heterocycles. The summed E-state index contributed by atoms with van der Waals surface area (Å²) >= 11 is 0. The summed E-state index contributed by atoms with van der Waals surface area (Å²) in [7, 11) is 0. The van der Waals surface area contributed by atoms with Gasteiger partial charge in [-0.3, -0.25) is 14.9 Å². The Morgan fingerprint density at radius 3 is 1.75 bits per heavy atom. The number of alkyl carbamates (subject to hydrolysis) is 1. The van der Waals surface area contributed by atoms with Crippen molar-refractivity contribution in [2.45, 2.75) is 152 Å². The predicted molar refractivity (Wildman–Crippen MR) is 173 cm³/mol. The molecule has 17 heteroatoms. The van der Waals surface area contributed by atoms with Gasteiger partial charge in [0.1, 0.15) is 55.4 Å². The van der Waals surface area contributed by atoms with Crippen molar-refractivity contribution in [3.8, 4) is 0 Å². The molecule has 1 aromatic rings. The standard InChI is InChI=1S/C35H48N2O15/c1-30(2)43-16-19(45-30)22-24-26(51-32(5,6)47-24)34(49-22,14-21(38)39)36-28(40)35(37-29(41)42-15-18-12-10-9-11-13-18)27-25(48-33(7,8)52-27)23(50-35)20-17-44-31(3,4)46-20/h9-13,19-20,22-27H,14-17H2,1-8H3,(H,36,40)(H,37,41)(H,38,39)/t19-,20-,22-,23-,24+,25+,26+,27+,34?,35-/m1/s1. The third kappa shape index (κ3) is 7.03. The lowest BCUT2D eigenvalue weighted by Crippen LogP contribution is -2.70. The first-order valence-corrected chi connectivity index (χ1v) is 17.4. The lowest BCUT2D eigenvalue weighted by Gasteiger charge is -2.39. The minimum Gasteiger partial charge on any atom is -0.481 e. The molecule has 0 bridgehead atoms. The third-order valence-corrected chi connectivity index (χ3v) is 9.80. The van der Waals surface area contributed by atoms with E-state index in [0.29, 0.717) is 5.56 Å². The molecule has 3 N–H and O–H groups in total. The number of carboxylic acids is 1. The van der Waals surface area contributed by atoms with Crippen LogP contribution in [0.3, 0.4) is 0 Å². The number of carbonyl (C=O) groups excluding carboxylic acids is 2. The van der Waals surface area contributed by atoms with Gasteiger partial charge in [0.2, 0.25) is 0 Å². The summed E-state index contributed by atoms with van der Waals surface area (Å²) in [6.07, 6.45) is -9.49. The monoisotopic (exact) mass is 736 g/mol. The molecule has 6 saturated heterocycles. The average molecular weight is 737 g/mol.